The Balaban J connectivity index is 1.67. The lowest BCUT2D eigenvalue weighted by molar-refractivity contribution is -0.111. The molecular formula is C25H30N4O3S. The van der Waals surface area contributed by atoms with Gasteiger partial charge in [-0.15, -0.1) is 0 Å². The first kappa shape index (κ1) is 24.4. The first-order chi connectivity index (χ1) is 15.5. The first-order valence-corrected chi connectivity index (χ1v) is 12.2. The summed E-state index contributed by atoms with van der Waals surface area (Å²) < 4.78 is 28.9. The summed E-state index contributed by atoms with van der Waals surface area (Å²) >= 11 is 0. The second-order valence-corrected chi connectivity index (χ2v) is 10.1. The molecule has 0 bridgehead atoms. The smallest absolute Gasteiger partial charge is 0.248 e. The number of aryl methyl sites for hydroxylation is 2. The van der Waals surface area contributed by atoms with Crippen LogP contribution in [-0.4, -0.2) is 30.1 Å². The van der Waals surface area contributed by atoms with Gasteiger partial charge in [-0.3, -0.25) is 9.48 Å². The summed E-state index contributed by atoms with van der Waals surface area (Å²) in [5.41, 5.74) is 5.61. The van der Waals surface area contributed by atoms with Gasteiger partial charge < -0.3 is 5.32 Å². The van der Waals surface area contributed by atoms with Gasteiger partial charge in [-0.05, 0) is 70.5 Å². The lowest BCUT2D eigenvalue weighted by Gasteiger charge is -2.10. The van der Waals surface area contributed by atoms with Crippen molar-refractivity contribution >= 4 is 27.7 Å². The molecule has 0 fully saturated rings. The molecule has 1 amide bonds. The third kappa shape index (κ3) is 6.40. The number of amides is 1. The summed E-state index contributed by atoms with van der Waals surface area (Å²) in [4.78, 5) is 12.6. The molecule has 0 radical (unpaired) electrons. The molecule has 0 unspecified atom stereocenters. The van der Waals surface area contributed by atoms with Crippen molar-refractivity contribution in [3.8, 4) is 0 Å². The number of anilines is 1. The maximum atomic E-state index is 12.4. The van der Waals surface area contributed by atoms with E-state index < -0.39 is 10.0 Å². The monoisotopic (exact) mass is 466 g/mol. The molecule has 0 aliphatic heterocycles. The summed E-state index contributed by atoms with van der Waals surface area (Å²) in [5, 5.41) is 7.37. The fraction of sp³-hybridized carbons (Fsp3) is 0.280. The number of benzene rings is 2. The number of nitrogens with one attached hydrogen (secondary N) is 2. The average Bonchev–Trinajstić information content (AvgIpc) is 3.00. The van der Waals surface area contributed by atoms with Crippen molar-refractivity contribution in [1.29, 1.82) is 0 Å². The van der Waals surface area contributed by atoms with Gasteiger partial charge in [0.25, 0.3) is 0 Å². The maximum Gasteiger partial charge on any atom is 0.248 e. The van der Waals surface area contributed by atoms with E-state index >= 15 is 0 Å². The van der Waals surface area contributed by atoms with E-state index in [1.807, 2.05) is 18.5 Å². The Morgan fingerprint density at radius 3 is 2.27 bits per heavy atom. The number of sulfonamides is 1. The van der Waals surface area contributed by atoms with Gasteiger partial charge in [-0.25, -0.2) is 13.1 Å². The highest BCUT2D eigenvalue weighted by molar-refractivity contribution is 7.89. The van der Waals surface area contributed by atoms with E-state index in [-0.39, 0.29) is 16.8 Å². The van der Waals surface area contributed by atoms with E-state index in [0.29, 0.717) is 12.2 Å². The number of carbonyl (C=O) groups excluding carboxylic acids is 1. The van der Waals surface area contributed by atoms with Crippen LogP contribution >= 0.6 is 0 Å². The normalized spacial score (nSPS) is 11.9. The van der Waals surface area contributed by atoms with Crippen LogP contribution in [0.1, 0.15) is 41.9 Å². The van der Waals surface area contributed by atoms with Gasteiger partial charge in [0.15, 0.2) is 0 Å². The van der Waals surface area contributed by atoms with Crippen molar-refractivity contribution in [2.75, 3.05) is 5.32 Å². The van der Waals surface area contributed by atoms with Crippen molar-refractivity contribution in [3.05, 3.63) is 82.7 Å². The summed E-state index contributed by atoms with van der Waals surface area (Å²) in [6.45, 7) is 10.1. The van der Waals surface area contributed by atoms with E-state index in [4.69, 9.17) is 0 Å². The number of hydrogen-bond donors (Lipinski definition) is 2. The van der Waals surface area contributed by atoms with Crippen LogP contribution in [0.25, 0.3) is 6.08 Å². The van der Waals surface area contributed by atoms with E-state index in [2.05, 4.69) is 46.3 Å². The summed E-state index contributed by atoms with van der Waals surface area (Å²) in [6.07, 6.45) is 3.21. The Bertz CT molecular complexity index is 1260. The summed E-state index contributed by atoms with van der Waals surface area (Å²) in [7, 11) is -3.57. The van der Waals surface area contributed by atoms with Gasteiger partial charge in [0, 0.05) is 29.1 Å². The van der Waals surface area contributed by atoms with Crippen molar-refractivity contribution in [2.24, 2.45) is 0 Å². The lowest BCUT2D eigenvalue weighted by atomic mass is 10.1. The van der Waals surface area contributed by atoms with Crippen LogP contribution in [0.2, 0.25) is 0 Å². The van der Waals surface area contributed by atoms with Crippen LogP contribution in [0.5, 0.6) is 0 Å². The molecule has 33 heavy (non-hydrogen) atoms. The Morgan fingerprint density at radius 2 is 1.67 bits per heavy atom. The Morgan fingerprint density at radius 1 is 1.03 bits per heavy atom. The molecule has 0 saturated carbocycles. The van der Waals surface area contributed by atoms with Crippen LogP contribution in [0.3, 0.4) is 0 Å². The molecule has 1 heterocycles. The highest BCUT2D eigenvalue weighted by atomic mass is 32.2. The number of nitrogens with zero attached hydrogens (tertiary/aromatic N) is 2. The SMILES string of the molecule is Cc1ccc(Cn2nc(C)c(/C=C/C(=O)Nc3ccc(S(=O)(=O)NC(C)C)cc3)c2C)cc1. The van der Waals surface area contributed by atoms with Gasteiger partial charge >= 0.3 is 0 Å². The minimum atomic E-state index is -3.57. The fourth-order valence-electron chi connectivity index (χ4n) is 3.41. The third-order valence-corrected chi connectivity index (χ3v) is 6.79. The van der Waals surface area contributed by atoms with Crippen molar-refractivity contribution in [3.63, 3.8) is 0 Å². The quantitative estimate of drug-likeness (QED) is 0.487. The Labute approximate surface area is 195 Å². The maximum absolute atomic E-state index is 12.4. The van der Waals surface area contributed by atoms with Gasteiger partial charge in [-0.2, -0.15) is 5.10 Å². The summed E-state index contributed by atoms with van der Waals surface area (Å²) in [5.74, 6) is -0.309. The molecule has 3 aromatic rings. The fourth-order valence-corrected chi connectivity index (χ4v) is 4.66. The zero-order valence-electron chi connectivity index (χ0n) is 19.6. The zero-order valence-corrected chi connectivity index (χ0v) is 20.4. The van der Waals surface area contributed by atoms with Crippen LogP contribution in [0, 0.1) is 20.8 Å². The van der Waals surface area contributed by atoms with Crippen molar-refractivity contribution in [1.82, 2.24) is 14.5 Å². The Kier molecular flexibility index (Phi) is 7.50. The Hall–Kier alpha value is -3.23. The number of carbonyl (C=O) groups is 1. The number of aromatic nitrogens is 2. The predicted molar refractivity (Wildman–Crippen MR) is 132 cm³/mol. The molecule has 0 atom stereocenters. The van der Waals surface area contributed by atoms with Crippen molar-refractivity contribution < 1.29 is 13.2 Å². The predicted octanol–water partition coefficient (Wildman–Crippen LogP) is 4.20. The molecule has 1 aromatic heterocycles. The van der Waals surface area contributed by atoms with E-state index in [1.165, 1.54) is 23.8 Å². The summed E-state index contributed by atoms with van der Waals surface area (Å²) in [6, 6.07) is 14.2. The zero-order chi connectivity index (χ0) is 24.2. The van der Waals surface area contributed by atoms with Crippen LogP contribution in [-0.2, 0) is 21.4 Å². The molecular weight excluding hydrogens is 436 g/mol. The molecule has 0 spiro atoms. The molecule has 0 saturated heterocycles. The van der Waals surface area contributed by atoms with Crippen LogP contribution in [0.4, 0.5) is 5.69 Å². The van der Waals surface area contributed by atoms with Crippen LogP contribution < -0.4 is 10.0 Å². The van der Waals surface area contributed by atoms with Gasteiger partial charge in [-0.1, -0.05) is 29.8 Å². The number of rotatable bonds is 8. The second kappa shape index (κ2) is 10.1. The molecule has 174 valence electrons. The van der Waals surface area contributed by atoms with Gasteiger partial charge in [0.05, 0.1) is 17.1 Å². The first-order valence-electron chi connectivity index (χ1n) is 10.8. The average molecular weight is 467 g/mol. The highest BCUT2D eigenvalue weighted by Crippen LogP contribution is 2.18. The topological polar surface area (TPSA) is 93.1 Å². The standard InChI is InChI=1S/C25H30N4O3S/c1-17(2)28-33(31,32)23-12-10-22(11-13-23)26-25(30)15-14-24-19(4)27-29(20(24)5)16-21-8-6-18(3)7-9-21/h6-15,17,28H,16H2,1-5H3,(H,26,30)/b15-14+. The largest absolute Gasteiger partial charge is 0.323 e. The minimum Gasteiger partial charge on any atom is -0.323 e. The highest BCUT2D eigenvalue weighted by Gasteiger charge is 2.15. The van der Waals surface area contributed by atoms with Crippen molar-refractivity contribution in [2.45, 2.75) is 52.1 Å². The molecule has 2 N–H and O–H groups in total. The van der Waals surface area contributed by atoms with E-state index in [9.17, 15) is 13.2 Å². The van der Waals surface area contributed by atoms with E-state index in [0.717, 1.165) is 22.5 Å². The third-order valence-electron chi connectivity index (χ3n) is 5.11. The van der Waals surface area contributed by atoms with Crippen LogP contribution in [0.15, 0.2) is 59.5 Å². The lowest BCUT2D eigenvalue weighted by Crippen LogP contribution is -2.30. The number of hydrogen-bond acceptors (Lipinski definition) is 4. The van der Waals surface area contributed by atoms with Gasteiger partial charge in [0.2, 0.25) is 15.9 Å². The molecule has 7 nitrogen and oxygen atoms in total. The molecule has 8 heteroatoms. The van der Waals surface area contributed by atoms with E-state index in [1.54, 1.807) is 32.1 Å². The van der Waals surface area contributed by atoms with Gasteiger partial charge in [0.1, 0.15) is 0 Å². The minimum absolute atomic E-state index is 0.150. The molecule has 0 aliphatic rings. The second-order valence-electron chi connectivity index (χ2n) is 8.35. The molecule has 0 aliphatic carbocycles. The molecule has 2 aromatic carbocycles. The molecule has 3 rings (SSSR count).